The first-order valence-corrected chi connectivity index (χ1v) is 7.61. The molecule has 1 saturated heterocycles. The van der Waals surface area contributed by atoms with Crippen molar-refractivity contribution in [3.05, 3.63) is 28.8 Å². The largest absolute Gasteiger partial charge is 0.322 e. The molecular weight excluding hydrogens is 300 g/mol. The fourth-order valence-electron chi connectivity index (χ4n) is 2.99. The Kier molecular flexibility index (Phi) is 3.89. The average molecular weight is 316 g/mol. The van der Waals surface area contributed by atoms with Gasteiger partial charge in [-0.25, -0.2) is 9.37 Å². The van der Waals surface area contributed by atoms with Crippen LogP contribution in [0.1, 0.15) is 24.7 Å². The van der Waals surface area contributed by atoms with E-state index in [2.05, 4.69) is 21.5 Å². The number of likely N-dealkylation sites (N-methyl/N-ethyl adjacent to an activating group) is 1. The number of aromatic nitrogens is 2. The maximum Gasteiger partial charge on any atom is 0.144 e. The van der Waals surface area contributed by atoms with Gasteiger partial charge in [-0.1, -0.05) is 11.6 Å². The van der Waals surface area contributed by atoms with Crippen molar-refractivity contribution in [2.45, 2.75) is 24.8 Å². The standard InChI is InChI=1S/C14H16Cl2FN3/c1-19-4-2-3-9(8-19)20-13-6-11(17)10(16)5-12(13)18-14(20)7-15/h5-6,9H,2-4,7-8H2,1H3. The van der Waals surface area contributed by atoms with Gasteiger partial charge >= 0.3 is 0 Å². The van der Waals surface area contributed by atoms with Crippen molar-refractivity contribution in [1.29, 1.82) is 0 Å². The topological polar surface area (TPSA) is 21.1 Å². The third kappa shape index (κ3) is 2.41. The van der Waals surface area contributed by atoms with E-state index in [4.69, 9.17) is 23.2 Å². The number of nitrogens with zero attached hydrogens (tertiary/aromatic N) is 3. The number of alkyl halides is 1. The number of imidazole rings is 1. The number of halogens is 3. The van der Waals surface area contributed by atoms with Gasteiger partial charge in [-0.05, 0) is 32.5 Å². The molecule has 108 valence electrons. The third-order valence-corrected chi connectivity index (χ3v) is 4.42. The lowest BCUT2D eigenvalue weighted by molar-refractivity contribution is 0.213. The zero-order chi connectivity index (χ0) is 14.3. The van der Waals surface area contributed by atoms with Gasteiger partial charge in [0.2, 0.25) is 0 Å². The van der Waals surface area contributed by atoms with E-state index in [1.54, 1.807) is 6.07 Å². The van der Waals surface area contributed by atoms with Gasteiger partial charge in [0.15, 0.2) is 0 Å². The van der Waals surface area contributed by atoms with Gasteiger partial charge in [-0.2, -0.15) is 0 Å². The molecule has 6 heteroatoms. The van der Waals surface area contributed by atoms with E-state index in [1.807, 2.05) is 0 Å². The number of benzene rings is 1. The Morgan fingerprint density at radius 1 is 1.45 bits per heavy atom. The minimum absolute atomic E-state index is 0.101. The number of likely N-dealkylation sites (tertiary alicyclic amines) is 1. The summed E-state index contributed by atoms with van der Waals surface area (Å²) in [4.78, 5) is 6.78. The zero-order valence-corrected chi connectivity index (χ0v) is 12.8. The highest BCUT2D eigenvalue weighted by molar-refractivity contribution is 6.31. The van der Waals surface area contributed by atoms with Crippen LogP contribution in [0.4, 0.5) is 4.39 Å². The Bertz CT molecular complexity index is 641. The Hall–Kier alpha value is -0.840. The molecule has 0 amide bonds. The van der Waals surface area contributed by atoms with Crippen LogP contribution in [0.5, 0.6) is 0 Å². The van der Waals surface area contributed by atoms with Crippen molar-refractivity contribution >= 4 is 34.2 Å². The summed E-state index contributed by atoms with van der Waals surface area (Å²) in [6, 6.07) is 3.33. The molecular formula is C14H16Cl2FN3. The van der Waals surface area contributed by atoms with Crippen LogP contribution >= 0.6 is 23.2 Å². The minimum atomic E-state index is -0.411. The molecule has 2 heterocycles. The van der Waals surface area contributed by atoms with Gasteiger partial charge in [0.05, 0.1) is 21.9 Å². The molecule has 3 rings (SSSR count). The summed E-state index contributed by atoms with van der Waals surface area (Å²) in [5.41, 5.74) is 1.49. The Morgan fingerprint density at radius 2 is 2.25 bits per heavy atom. The monoisotopic (exact) mass is 315 g/mol. The number of piperidine rings is 1. The van der Waals surface area contributed by atoms with Crippen molar-refractivity contribution in [2.75, 3.05) is 20.1 Å². The van der Waals surface area contributed by atoms with Crippen LogP contribution in [0.15, 0.2) is 12.1 Å². The van der Waals surface area contributed by atoms with Gasteiger partial charge in [-0.15, -0.1) is 11.6 Å². The van der Waals surface area contributed by atoms with E-state index in [1.165, 1.54) is 6.07 Å². The molecule has 1 fully saturated rings. The maximum absolute atomic E-state index is 13.8. The molecule has 3 nitrogen and oxygen atoms in total. The van der Waals surface area contributed by atoms with E-state index in [0.717, 1.165) is 37.3 Å². The molecule has 1 aromatic carbocycles. The molecule has 0 radical (unpaired) electrons. The van der Waals surface area contributed by atoms with Gasteiger partial charge in [0, 0.05) is 18.7 Å². The third-order valence-electron chi connectivity index (χ3n) is 3.89. The summed E-state index contributed by atoms with van der Waals surface area (Å²) in [6.45, 7) is 2.03. The molecule has 1 aliphatic rings. The first kappa shape index (κ1) is 14.1. The first-order chi connectivity index (χ1) is 9.60. The van der Waals surface area contributed by atoms with Crippen LogP contribution in [-0.2, 0) is 5.88 Å². The number of hydrogen-bond donors (Lipinski definition) is 0. The lowest BCUT2D eigenvalue weighted by Crippen LogP contribution is -2.34. The van der Waals surface area contributed by atoms with E-state index in [-0.39, 0.29) is 11.1 Å². The Labute approximate surface area is 127 Å². The molecule has 0 saturated carbocycles. The highest BCUT2D eigenvalue weighted by Gasteiger charge is 2.24. The van der Waals surface area contributed by atoms with Crippen LogP contribution in [0.3, 0.4) is 0 Å². The molecule has 2 aromatic rings. The van der Waals surface area contributed by atoms with Crippen LogP contribution in [-0.4, -0.2) is 34.6 Å². The molecule has 1 unspecified atom stereocenters. The summed E-state index contributed by atoms with van der Waals surface area (Å²) in [6.07, 6.45) is 2.18. The van der Waals surface area contributed by atoms with Crippen molar-refractivity contribution in [1.82, 2.24) is 14.5 Å². The maximum atomic E-state index is 13.8. The molecule has 0 aliphatic carbocycles. The Morgan fingerprint density at radius 3 is 2.95 bits per heavy atom. The number of hydrogen-bond acceptors (Lipinski definition) is 2. The van der Waals surface area contributed by atoms with Crippen molar-refractivity contribution in [2.24, 2.45) is 0 Å². The van der Waals surface area contributed by atoms with Crippen LogP contribution < -0.4 is 0 Å². The first-order valence-electron chi connectivity index (χ1n) is 6.70. The molecule has 0 spiro atoms. The molecule has 1 aliphatic heterocycles. The summed E-state index contributed by atoms with van der Waals surface area (Å²) in [5.74, 6) is 0.683. The lowest BCUT2D eigenvalue weighted by Gasteiger charge is -2.31. The molecule has 1 atom stereocenters. The average Bonchev–Trinajstić information content (AvgIpc) is 2.77. The predicted molar refractivity (Wildman–Crippen MR) is 80.0 cm³/mol. The van der Waals surface area contributed by atoms with Gasteiger partial charge in [0.25, 0.3) is 0 Å². The van der Waals surface area contributed by atoms with Crippen molar-refractivity contribution in [3.8, 4) is 0 Å². The summed E-state index contributed by atoms with van der Waals surface area (Å²) >= 11 is 11.9. The van der Waals surface area contributed by atoms with Crippen molar-refractivity contribution < 1.29 is 4.39 Å². The predicted octanol–water partition coefficient (Wildman–Crippen LogP) is 3.83. The van der Waals surface area contributed by atoms with E-state index < -0.39 is 5.82 Å². The minimum Gasteiger partial charge on any atom is -0.322 e. The van der Waals surface area contributed by atoms with E-state index >= 15 is 0 Å². The second-order valence-electron chi connectivity index (χ2n) is 5.34. The fraction of sp³-hybridized carbons (Fsp3) is 0.500. The Balaban J connectivity index is 2.14. The summed E-state index contributed by atoms with van der Waals surface area (Å²) in [7, 11) is 2.10. The quantitative estimate of drug-likeness (QED) is 0.785. The number of fused-ring (bicyclic) bond motifs is 1. The SMILES string of the molecule is CN1CCCC(n2c(CCl)nc3cc(Cl)c(F)cc32)C1. The van der Waals surface area contributed by atoms with Gasteiger partial charge in [0.1, 0.15) is 11.6 Å². The smallest absolute Gasteiger partial charge is 0.144 e. The molecule has 1 aromatic heterocycles. The normalized spacial score (nSPS) is 20.7. The lowest BCUT2D eigenvalue weighted by atomic mass is 10.1. The highest BCUT2D eigenvalue weighted by Crippen LogP contribution is 2.30. The van der Waals surface area contributed by atoms with Crippen LogP contribution in [0.2, 0.25) is 5.02 Å². The van der Waals surface area contributed by atoms with E-state index in [9.17, 15) is 4.39 Å². The zero-order valence-electron chi connectivity index (χ0n) is 11.2. The van der Waals surface area contributed by atoms with Gasteiger partial charge < -0.3 is 9.47 Å². The second kappa shape index (κ2) is 5.51. The molecule has 20 heavy (non-hydrogen) atoms. The summed E-state index contributed by atoms with van der Waals surface area (Å²) in [5, 5.41) is 0.101. The highest BCUT2D eigenvalue weighted by atomic mass is 35.5. The van der Waals surface area contributed by atoms with Gasteiger partial charge in [-0.3, -0.25) is 0 Å². The molecule has 0 N–H and O–H groups in total. The molecule has 0 bridgehead atoms. The van der Waals surface area contributed by atoms with E-state index in [0.29, 0.717) is 11.4 Å². The van der Waals surface area contributed by atoms with Crippen LogP contribution in [0, 0.1) is 5.82 Å². The van der Waals surface area contributed by atoms with Crippen molar-refractivity contribution in [3.63, 3.8) is 0 Å². The fourth-order valence-corrected chi connectivity index (χ4v) is 3.34. The second-order valence-corrected chi connectivity index (χ2v) is 6.02. The van der Waals surface area contributed by atoms with Crippen LogP contribution in [0.25, 0.3) is 11.0 Å². The summed E-state index contributed by atoms with van der Waals surface area (Å²) < 4.78 is 15.9. The number of rotatable bonds is 2.